The number of hydrogen-bond donors (Lipinski definition) is 1. The molecule has 1 aliphatic heterocycles. The Morgan fingerprint density at radius 1 is 1.30 bits per heavy atom. The standard InChI is InChI=1S/C15H22N2O3/c1-19-15(18)13-11-12(16)5-6-14(13)20-10-9-17-7-3-2-4-8-17/h5-6,11H,2-4,7-10,16H2,1H3. The molecule has 0 spiro atoms. The number of piperidine rings is 1. The predicted molar refractivity (Wildman–Crippen MR) is 78.0 cm³/mol. The average Bonchev–Trinajstić information content (AvgIpc) is 2.49. The van der Waals surface area contributed by atoms with Gasteiger partial charge in [-0.25, -0.2) is 4.79 Å². The number of nitrogen functional groups attached to an aromatic ring is 1. The van der Waals surface area contributed by atoms with Crippen molar-refractivity contribution in [1.29, 1.82) is 0 Å². The Kier molecular flexibility index (Phi) is 5.24. The van der Waals surface area contributed by atoms with Crippen LogP contribution in [0.3, 0.4) is 0 Å². The highest BCUT2D eigenvalue weighted by atomic mass is 16.5. The van der Waals surface area contributed by atoms with Gasteiger partial charge in [0.1, 0.15) is 17.9 Å². The summed E-state index contributed by atoms with van der Waals surface area (Å²) in [5.41, 5.74) is 6.60. The molecule has 0 radical (unpaired) electrons. The van der Waals surface area contributed by atoms with E-state index in [2.05, 4.69) is 4.90 Å². The van der Waals surface area contributed by atoms with E-state index >= 15 is 0 Å². The summed E-state index contributed by atoms with van der Waals surface area (Å²) in [6.07, 6.45) is 3.84. The van der Waals surface area contributed by atoms with E-state index in [0.717, 1.165) is 19.6 Å². The van der Waals surface area contributed by atoms with Crippen molar-refractivity contribution in [3.63, 3.8) is 0 Å². The number of rotatable bonds is 5. The summed E-state index contributed by atoms with van der Waals surface area (Å²) in [4.78, 5) is 14.1. The van der Waals surface area contributed by atoms with E-state index < -0.39 is 5.97 Å². The van der Waals surface area contributed by atoms with Gasteiger partial charge in [0.25, 0.3) is 0 Å². The minimum absolute atomic E-state index is 0.381. The second-order valence-corrected chi connectivity index (χ2v) is 5.00. The maximum Gasteiger partial charge on any atom is 0.341 e. The van der Waals surface area contributed by atoms with Gasteiger partial charge in [-0.3, -0.25) is 4.90 Å². The highest BCUT2D eigenvalue weighted by Gasteiger charge is 2.14. The number of likely N-dealkylation sites (tertiary alicyclic amines) is 1. The van der Waals surface area contributed by atoms with E-state index in [9.17, 15) is 4.79 Å². The van der Waals surface area contributed by atoms with Gasteiger partial charge < -0.3 is 15.2 Å². The lowest BCUT2D eigenvalue weighted by Gasteiger charge is -2.26. The SMILES string of the molecule is COC(=O)c1cc(N)ccc1OCCN1CCCCC1. The molecule has 1 aliphatic rings. The number of hydrogen-bond acceptors (Lipinski definition) is 5. The second-order valence-electron chi connectivity index (χ2n) is 5.00. The first-order valence-electron chi connectivity index (χ1n) is 7.03. The first-order valence-corrected chi connectivity index (χ1v) is 7.03. The molecule has 110 valence electrons. The van der Waals surface area contributed by atoms with E-state index in [0.29, 0.717) is 23.6 Å². The monoisotopic (exact) mass is 278 g/mol. The van der Waals surface area contributed by atoms with Gasteiger partial charge in [0.2, 0.25) is 0 Å². The molecule has 2 N–H and O–H groups in total. The molecule has 1 fully saturated rings. The van der Waals surface area contributed by atoms with Crippen molar-refractivity contribution >= 4 is 11.7 Å². The predicted octanol–water partition coefficient (Wildman–Crippen LogP) is 1.92. The fraction of sp³-hybridized carbons (Fsp3) is 0.533. The lowest BCUT2D eigenvalue weighted by molar-refractivity contribution is 0.0595. The van der Waals surface area contributed by atoms with Crippen LogP contribution in [0.2, 0.25) is 0 Å². The molecule has 0 atom stereocenters. The van der Waals surface area contributed by atoms with E-state index in [1.165, 1.54) is 26.4 Å². The van der Waals surface area contributed by atoms with E-state index in [4.69, 9.17) is 15.2 Å². The van der Waals surface area contributed by atoms with Crippen molar-refractivity contribution in [3.8, 4) is 5.75 Å². The third-order valence-corrected chi connectivity index (χ3v) is 3.52. The third-order valence-electron chi connectivity index (χ3n) is 3.52. The van der Waals surface area contributed by atoms with E-state index in [1.807, 2.05) is 0 Å². The van der Waals surface area contributed by atoms with Crippen LogP contribution in [0, 0.1) is 0 Å². The average molecular weight is 278 g/mol. The molecule has 0 unspecified atom stereocenters. The summed E-state index contributed by atoms with van der Waals surface area (Å²) in [5, 5.41) is 0. The molecule has 20 heavy (non-hydrogen) atoms. The molecule has 1 aromatic rings. The summed E-state index contributed by atoms with van der Waals surface area (Å²) in [5.74, 6) is 0.105. The van der Waals surface area contributed by atoms with Gasteiger partial charge in [-0.05, 0) is 44.1 Å². The Bertz CT molecular complexity index is 456. The van der Waals surface area contributed by atoms with Gasteiger partial charge >= 0.3 is 5.97 Å². The topological polar surface area (TPSA) is 64.8 Å². The molecule has 0 amide bonds. The van der Waals surface area contributed by atoms with Crippen molar-refractivity contribution in [2.75, 3.05) is 39.1 Å². The number of benzene rings is 1. The Morgan fingerprint density at radius 3 is 2.75 bits per heavy atom. The fourth-order valence-electron chi connectivity index (χ4n) is 2.41. The highest BCUT2D eigenvalue weighted by Crippen LogP contribution is 2.22. The molecule has 5 nitrogen and oxygen atoms in total. The molecular formula is C15H22N2O3. The molecule has 5 heteroatoms. The summed E-state index contributed by atoms with van der Waals surface area (Å²) in [7, 11) is 1.35. The zero-order chi connectivity index (χ0) is 14.4. The molecular weight excluding hydrogens is 256 g/mol. The Morgan fingerprint density at radius 2 is 2.05 bits per heavy atom. The van der Waals surface area contributed by atoms with Crippen molar-refractivity contribution in [1.82, 2.24) is 4.90 Å². The zero-order valence-electron chi connectivity index (χ0n) is 11.9. The molecule has 1 aromatic carbocycles. The minimum Gasteiger partial charge on any atom is -0.491 e. The Hall–Kier alpha value is -1.75. The van der Waals surface area contributed by atoms with E-state index in [-0.39, 0.29) is 0 Å². The van der Waals surface area contributed by atoms with Crippen LogP contribution in [-0.4, -0.2) is 44.2 Å². The van der Waals surface area contributed by atoms with Crippen molar-refractivity contribution < 1.29 is 14.3 Å². The van der Waals surface area contributed by atoms with Crippen LogP contribution < -0.4 is 10.5 Å². The van der Waals surface area contributed by atoms with Crippen LogP contribution in [0.25, 0.3) is 0 Å². The maximum atomic E-state index is 11.7. The number of carbonyl (C=O) groups is 1. The lowest BCUT2D eigenvalue weighted by Crippen LogP contribution is -2.33. The van der Waals surface area contributed by atoms with Gasteiger partial charge in [0.15, 0.2) is 0 Å². The number of anilines is 1. The smallest absolute Gasteiger partial charge is 0.341 e. The first kappa shape index (κ1) is 14.7. The quantitative estimate of drug-likeness (QED) is 0.658. The molecule has 1 heterocycles. The third kappa shape index (κ3) is 3.87. The van der Waals surface area contributed by atoms with Gasteiger partial charge in [-0.1, -0.05) is 6.42 Å². The number of ether oxygens (including phenoxy) is 2. The normalized spacial score (nSPS) is 15.8. The van der Waals surface area contributed by atoms with Crippen molar-refractivity contribution in [2.24, 2.45) is 0 Å². The van der Waals surface area contributed by atoms with E-state index in [1.54, 1.807) is 18.2 Å². The van der Waals surface area contributed by atoms with Crippen LogP contribution in [0.4, 0.5) is 5.69 Å². The Labute approximate surface area is 119 Å². The van der Waals surface area contributed by atoms with Crippen LogP contribution >= 0.6 is 0 Å². The molecule has 0 saturated carbocycles. The minimum atomic E-state index is -0.426. The summed E-state index contributed by atoms with van der Waals surface area (Å²) in [6.45, 7) is 3.71. The van der Waals surface area contributed by atoms with Crippen LogP contribution in [-0.2, 0) is 4.74 Å². The van der Waals surface area contributed by atoms with Gasteiger partial charge in [0, 0.05) is 12.2 Å². The first-order chi connectivity index (χ1) is 9.70. The van der Waals surface area contributed by atoms with Crippen LogP contribution in [0.1, 0.15) is 29.6 Å². The fourth-order valence-corrected chi connectivity index (χ4v) is 2.41. The van der Waals surface area contributed by atoms with Crippen LogP contribution in [0.15, 0.2) is 18.2 Å². The van der Waals surface area contributed by atoms with Crippen molar-refractivity contribution in [2.45, 2.75) is 19.3 Å². The molecule has 0 bridgehead atoms. The molecule has 0 aliphatic carbocycles. The van der Waals surface area contributed by atoms with Gasteiger partial charge in [0.05, 0.1) is 7.11 Å². The number of esters is 1. The Balaban J connectivity index is 1.92. The van der Waals surface area contributed by atoms with Gasteiger partial charge in [-0.15, -0.1) is 0 Å². The van der Waals surface area contributed by atoms with Gasteiger partial charge in [-0.2, -0.15) is 0 Å². The lowest BCUT2D eigenvalue weighted by atomic mass is 10.1. The van der Waals surface area contributed by atoms with Crippen molar-refractivity contribution in [3.05, 3.63) is 23.8 Å². The summed E-state index contributed by atoms with van der Waals surface area (Å²) >= 11 is 0. The van der Waals surface area contributed by atoms with Crippen LogP contribution in [0.5, 0.6) is 5.75 Å². The molecule has 0 aromatic heterocycles. The molecule has 2 rings (SSSR count). The number of nitrogens with zero attached hydrogens (tertiary/aromatic N) is 1. The number of carbonyl (C=O) groups excluding carboxylic acids is 1. The zero-order valence-corrected chi connectivity index (χ0v) is 11.9. The summed E-state index contributed by atoms with van der Waals surface area (Å²) in [6, 6.07) is 5.03. The largest absolute Gasteiger partial charge is 0.491 e. The molecule has 1 saturated heterocycles. The summed E-state index contributed by atoms with van der Waals surface area (Å²) < 4.78 is 10.5. The number of methoxy groups -OCH3 is 1. The highest BCUT2D eigenvalue weighted by molar-refractivity contribution is 5.93. The number of nitrogens with two attached hydrogens (primary N) is 1. The second kappa shape index (κ2) is 7.14. The maximum absolute atomic E-state index is 11.7.